The number of carboxylic acid groups (broad SMARTS) is 1. The molecule has 102 valence electrons. The molecule has 1 aromatic carbocycles. The molecule has 0 radical (unpaired) electrons. The van der Waals surface area contributed by atoms with E-state index in [4.69, 9.17) is 16.1 Å². The molecule has 0 bridgehead atoms. The third kappa shape index (κ3) is 3.94. The molecule has 0 spiro atoms. The van der Waals surface area contributed by atoms with Crippen LogP contribution >= 0.6 is 11.8 Å². The Morgan fingerprint density at radius 2 is 2.26 bits per heavy atom. The highest BCUT2D eigenvalue weighted by Crippen LogP contribution is 2.31. The van der Waals surface area contributed by atoms with E-state index in [2.05, 4.69) is 0 Å². The van der Waals surface area contributed by atoms with E-state index in [9.17, 15) is 9.18 Å². The highest BCUT2D eigenvalue weighted by molar-refractivity contribution is 7.99. The van der Waals surface area contributed by atoms with Crippen molar-refractivity contribution >= 4 is 17.7 Å². The lowest BCUT2D eigenvalue weighted by Crippen LogP contribution is -2.46. The molecule has 1 aromatic rings. The zero-order valence-corrected chi connectivity index (χ0v) is 11.5. The summed E-state index contributed by atoms with van der Waals surface area (Å²) in [4.78, 5) is 10.9. The Morgan fingerprint density at radius 1 is 1.63 bits per heavy atom. The molecule has 1 atom stereocenters. The van der Waals surface area contributed by atoms with Gasteiger partial charge < -0.3 is 10.8 Å². The molecule has 0 saturated carbocycles. The number of nitrogens with two attached hydrogens (primary N) is 1. The molecule has 0 aromatic heterocycles. The van der Waals surface area contributed by atoms with Crippen LogP contribution in [0.1, 0.15) is 25.0 Å². The van der Waals surface area contributed by atoms with E-state index in [1.807, 2.05) is 6.07 Å². The van der Waals surface area contributed by atoms with E-state index in [0.29, 0.717) is 11.3 Å². The molecule has 0 aliphatic carbocycles. The number of hydrogen-bond donors (Lipinski definition) is 2. The van der Waals surface area contributed by atoms with Crippen LogP contribution in [-0.4, -0.2) is 21.9 Å². The van der Waals surface area contributed by atoms with Crippen molar-refractivity contribution in [3.63, 3.8) is 0 Å². The predicted molar refractivity (Wildman–Crippen MR) is 72.1 cm³/mol. The Hall–Kier alpha value is -1.58. The van der Waals surface area contributed by atoms with Gasteiger partial charge in [-0.05, 0) is 31.5 Å². The summed E-state index contributed by atoms with van der Waals surface area (Å²) in [6.07, 6.45) is 0. The molecule has 0 saturated heterocycles. The zero-order chi connectivity index (χ0) is 14.6. The number of carboxylic acids is 1. The van der Waals surface area contributed by atoms with Gasteiger partial charge in [0.15, 0.2) is 0 Å². The van der Waals surface area contributed by atoms with Gasteiger partial charge in [-0.1, -0.05) is 6.07 Å². The second kappa shape index (κ2) is 6.04. The summed E-state index contributed by atoms with van der Waals surface area (Å²) in [7, 11) is 0. The van der Waals surface area contributed by atoms with E-state index in [0.717, 1.165) is 0 Å². The van der Waals surface area contributed by atoms with Gasteiger partial charge in [0.05, 0.1) is 11.6 Å². The molecule has 19 heavy (non-hydrogen) atoms. The van der Waals surface area contributed by atoms with Gasteiger partial charge in [-0.25, -0.2) is 4.39 Å². The fourth-order valence-electron chi connectivity index (χ4n) is 1.38. The van der Waals surface area contributed by atoms with Gasteiger partial charge in [0.2, 0.25) is 0 Å². The number of halogens is 1. The molecule has 0 aliphatic heterocycles. The second-order valence-corrected chi connectivity index (χ2v) is 6.26. The van der Waals surface area contributed by atoms with Crippen LogP contribution in [0, 0.1) is 17.1 Å². The lowest BCUT2D eigenvalue weighted by atomic mass is 10.1. The van der Waals surface area contributed by atoms with Crippen LogP contribution in [-0.2, 0) is 10.5 Å². The van der Waals surface area contributed by atoms with Gasteiger partial charge in [-0.15, -0.1) is 11.8 Å². The van der Waals surface area contributed by atoms with Gasteiger partial charge >= 0.3 is 5.97 Å². The maximum Gasteiger partial charge on any atom is 0.321 e. The molecule has 4 nitrogen and oxygen atoms in total. The summed E-state index contributed by atoms with van der Waals surface area (Å²) in [6.45, 7) is 3.41. The average Bonchev–Trinajstić information content (AvgIpc) is 2.36. The van der Waals surface area contributed by atoms with E-state index in [1.54, 1.807) is 13.8 Å². The summed E-state index contributed by atoms with van der Waals surface area (Å²) < 4.78 is 12.9. The van der Waals surface area contributed by atoms with Crippen LogP contribution in [0.25, 0.3) is 0 Å². The first kappa shape index (κ1) is 15.5. The van der Waals surface area contributed by atoms with Gasteiger partial charge in [0.1, 0.15) is 11.9 Å². The Labute approximate surface area is 115 Å². The number of nitriles is 1. The predicted octanol–water partition coefficient (Wildman–Crippen LogP) is 2.12. The van der Waals surface area contributed by atoms with Crippen LogP contribution in [0.2, 0.25) is 0 Å². The fourth-order valence-corrected chi connectivity index (χ4v) is 2.43. The van der Waals surface area contributed by atoms with Crippen molar-refractivity contribution in [2.24, 2.45) is 5.73 Å². The number of benzene rings is 1. The summed E-state index contributed by atoms with van der Waals surface area (Å²) in [5, 5.41) is 17.5. The summed E-state index contributed by atoms with van der Waals surface area (Å²) in [5.41, 5.74) is 6.27. The van der Waals surface area contributed by atoms with Crippen LogP contribution in [0.15, 0.2) is 18.2 Å². The van der Waals surface area contributed by atoms with Crippen LogP contribution < -0.4 is 5.73 Å². The first-order valence-electron chi connectivity index (χ1n) is 5.59. The maximum absolute atomic E-state index is 13.7. The van der Waals surface area contributed by atoms with E-state index < -0.39 is 22.6 Å². The molecule has 0 heterocycles. The molecule has 0 fully saturated rings. The molecule has 1 rings (SSSR count). The highest BCUT2D eigenvalue weighted by Gasteiger charge is 2.32. The van der Waals surface area contributed by atoms with Gasteiger partial charge in [0.25, 0.3) is 0 Å². The average molecular weight is 282 g/mol. The third-order valence-corrected chi connectivity index (χ3v) is 4.25. The second-order valence-electron chi connectivity index (χ2n) is 4.63. The molecular formula is C13H15FN2O2S. The molecule has 6 heteroatoms. The minimum atomic E-state index is -1.09. The Balaban J connectivity index is 2.77. The lowest BCUT2D eigenvalue weighted by molar-refractivity contribution is -0.139. The van der Waals surface area contributed by atoms with Gasteiger partial charge in [-0.3, -0.25) is 4.79 Å². The minimum absolute atomic E-state index is 0.257. The van der Waals surface area contributed by atoms with Crippen molar-refractivity contribution in [1.29, 1.82) is 5.26 Å². The number of aliphatic carboxylic acids is 1. The first-order valence-corrected chi connectivity index (χ1v) is 6.57. The van der Waals surface area contributed by atoms with Crippen molar-refractivity contribution in [3.8, 4) is 6.07 Å². The smallest absolute Gasteiger partial charge is 0.321 e. The van der Waals surface area contributed by atoms with Gasteiger partial charge in [0, 0.05) is 10.5 Å². The molecular weight excluding hydrogens is 267 g/mol. The Morgan fingerprint density at radius 3 is 2.74 bits per heavy atom. The highest BCUT2D eigenvalue weighted by atomic mass is 32.2. The quantitative estimate of drug-likeness (QED) is 0.863. The monoisotopic (exact) mass is 282 g/mol. The molecule has 0 aliphatic rings. The van der Waals surface area contributed by atoms with Crippen molar-refractivity contribution in [2.45, 2.75) is 30.4 Å². The van der Waals surface area contributed by atoms with Crippen molar-refractivity contribution in [1.82, 2.24) is 0 Å². The molecule has 0 amide bonds. The topological polar surface area (TPSA) is 87.1 Å². The minimum Gasteiger partial charge on any atom is -0.480 e. The van der Waals surface area contributed by atoms with E-state index in [1.165, 1.54) is 30.0 Å². The van der Waals surface area contributed by atoms with Crippen LogP contribution in [0.4, 0.5) is 4.39 Å². The largest absolute Gasteiger partial charge is 0.480 e. The van der Waals surface area contributed by atoms with Crippen molar-refractivity contribution < 1.29 is 14.3 Å². The third-order valence-electron chi connectivity index (χ3n) is 2.80. The number of hydrogen-bond acceptors (Lipinski definition) is 4. The lowest BCUT2D eigenvalue weighted by Gasteiger charge is -2.28. The normalized spacial score (nSPS) is 12.8. The zero-order valence-electron chi connectivity index (χ0n) is 10.7. The number of nitrogens with zero attached hydrogens (tertiary/aromatic N) is 1. The van der Waals surface area contributed by atoms with Crippen molar-refractivity contribution in [2.75, 3.05) is 0 Å². The van der Waals surface area contributed by atoms with E-state index >= 15 is 0 Å². The summed E-state index contributed by atoms with van der Waals surface area (Å²) >= 11 is 1.27. The number of thioether (sulfide) groups is 1. The Bertz CT molecular complexity index is 526. The van der Waals surface area contributed by atoms with Crippen LogP contribution in [0.3, 0.4) is 0 Å². The maximum atomic E-state index is 13.7. The summed E-state index contributed by atoms with van der Waals surface area (Å²) in [6, 6.07) is 5.06. The fraction of sp³-hybridized carbons (Fsp3) is 0.385. The first-order chi connectivity index (χ1) is 8.77. The van der Waals surface area contributed by atoms with Crippen molar-refractivity contribution in [3.05, 3.63) is 35.1 Å². The number of carbonyl (C=O) groups is 1. The molecule has 3 N–H and O–H groups in total. The SMILES string of the molecule is CC(C)(SCc1ccc(C#N)cc1F)[C@@H](N)C(=O)O. The standard InChI is InChI=1S/C13H15FN2O2S/c1-13(2,11(16)12(17)18)19-7-9-4-3-8(6-15)5-10(9)14/h3-5,11H,7,16H2,1-2H3,(H,17,18)/t11-/m0/s1. The van der Waals surface area contributed by atoms with Gasteiger partial charge in [-0.2, -0.15) is 5.26 Å². The van der Waals surface area contributed by atoms with Crippen LogP contribution in [0.5, 0.6) is 0 Å². The summed E-state index contributed by atoms with van der Waals surface area (Å²) in [5.74, 6) is -1.25. The molecule has 0 unspecified atom stereocenters. The Kier molecular flexibility index (Phi) is 4.92. The van der Waals surface area contributed by atoms with E-state index in [-0.39, 0.29) is 5.56 Å². The number of rotatable bonds is 5.